The number of rotatable bonds is 6. The molecule has 0 fully saturated rings. The van der Waals surface area contributed by atoms with Gasteiger partial charge in [0.1, 0.15) is 23.0 Å². The Balaban J connectivity index is 0.000000732. The molecule has 4 aromatic carbocycles. The van der Waals surface area contributed by atoms with Crippen molar-refractivity contribution in [3.05, 3.63) is 107 Å². The Bertz CT molecular complexity index is 1340. The van der Waals surface area contributed by atoms with Gasteiger partial charge in [-0.2, -0.15) is 0 Å². The molecule has 0 heterocycles. The number of ether oxygens (including phenoxy) is 2. The third kappa shape index (κ3) is 7.61. The van der Waals surface area contributed by atoms with Crippen LogP contribution in [0.3, 0.4) is 0 Å². The second-order valence-electron chi connectivity index (χ2n) is 9.21. The molecule has 0 aliphatic heterocycles. The minimum Gasteiger partial charge on any atom is -0.455 e. The first-order valence-electron chi connectivity index (χ1n) is 12.3. The summed E-state index contributed by atoms with van der Waals surface area (Å²) in [5.74, 6) is 2.70. The zero-order valence-electron chi connectivity index (χ0n) is 22.4. The Hall–Kier alpha value is -4.78. The number of hydrogen-bond donors (Lipinski definition) is 5. The number of allylic oxidation sites excluding steroid dienone is 2. The van der Waals surface area contributed by atoms with E-state index in [2.05, 4.69) is 24.3 Å². The molecule has 0 aliphatic carbocycles. The first-order chi connectivity index (χ1) is 18.0. The lowest BCUT2D eigenvalue weighted by molar-refractivity contribution is 0.481. The topological polar surface area (TPSA) is 149 Å². The number of nitrogen functional groups attached to an aromatic ring is 4. The molecule has 0 aromatic heterocycles. The smallest absolute Gasteiger partial charge is 0.150 e. The summed E-state index contributed by atoms with van der Waals surface area (Å²) in [6, 6.07) is 22.8. The maximum absolute atomic E-state index is 6.01. The van der Waals surface area contributed by atoms with Crippen molar-refractivity contribution in [3.63, 3.8) is 0 Å². The van der Waals surface area contributed by atoms with Crippen molar-refractivity contribution in [2.75, 3.05) is 22.9 Å². The van der Waals surface area contributed by atoms with E-state index in [1.807, 2.05) is 45.9 Å². The molecule has 0 aliphatic rings. The molecule has 0 bridgehead atoms. The first kappa shape index (κ1) is 27.8. The Labute approximate surface area is 224 Å². The minimum absolute atomic E-state index is 0.511. The van der Waals surface area contributed by atoms with E-state index in [0.717, 1.165) is 34.7 Å². The fraction of sp³-hybridized carbons (Fsp3) is 0.161. The average Bonchev–Trinajstić information content (AvgIpc) is 2.86. The van der Waals surface area contributed by atoms with E-state index in [-0.39, 0.29) is 0 Å². The molecule has 0 saturated carbocycles. The molecule has 198 valence electrons. The van der Waals surface area contributed by atoms with Crippen LogP contribution in [0.1, 0.15) is 36.1 Å². The summed E-state index contributed by atoms with van der Waals surface area (Å²) in [5, 5.41) is 0. The normalized spacial score (nSPS) is 10.9. The molecule has 0 spiro atoms. The summed E-state index contributed by atoms with van der Waals surface area (Å²) in [7, 11) is 0. The number of aryl methyl sites for hydroxylation is 2. The van der Waals surface area contributed by atoms with Crippen LogP contribution in [-0.4, -0.2) is 0 Å². The van der Waals surface area contributed by atoms with E-state index in [4.69, 9.17) is 38.1 Å². The monoisotopic (exact) mass is 511 g/mol. The van der Waals surface area contributed by atoms with Crippen molar-refractivity contribution in [1.82, 2.24) is 0 Å². The maximum Gasteiger partial charge on any atom is 0.150 e. The van der Waals surface area contributed by atoms with Crippen molar-refractivity contribution in [1.29, 1.82) is 0 Å². The Morgan fingerprint density at radius 3 is 1.32 bits per heavy atom. The molecule has 4 rings (SSSR count). The highest BCUT2D eigenvalue weighted by atomic mass is 16.5. The molecule has 0 radical (unpaired) electrons. The molecule has 38 heavy (non-hydrogen) atoms. The van der Waals surface area contributed by atoms with E-state index >= 15 is 0 Å². The standard InChI is InChI=1S/C27H28N4O2.C4H9N/c1-16-11-18(3-7-24(16)32-26-9-5-20(28)14-22(26)30)13-19-4-8-25(17(2)12-19)33-27-10-6-21(29)15-23(27)31;1-3-4(2)5/h3-12,14-15H,13,28-31H2,1-2H3;3H,5H2,1-2H3/b;4-3+. The molecule has 0 saturated heterocycles. The summed E-state index contributed by atoms with van der Waals surface area (Å²) in [5.41, 5.74) is 36.2. The summed E-state index contributed by atoms with van der Waals surface area (Å²) >= 11 is 0. The minimum atomic E-state index is 0.511. The van der Waals surface area contributed by atoms with E-state index in [0.29, 0.717) is 34.2 Å². The van der Waals surface area contributed by atoms with Crippen LogP contribution in [0.25, 0.3) is 0 Å². The lowest BCUT2D eigenvalue weighted by Gasteiger charge is -2.14. The lowest BCUT2D eigenvalue weighted by Crippen LogP contribution is -1.97. The molecule has 10 N–H and O–H groups in total. The van der Waals surface area contributed by atoms with Crippen LogP contribution in [0.2, 0.25) is 0 Å². The van der Waals surface area contributed by atoms with Crippen LogP contribution < -0.4 is 38.1 Å². The van der Waals surface area contributed by atoms with Crippen molar-refractivity contribution in [3.8, 4) is 23.0 Å². The molecular formula is C31H37N5O2. The van der Waals surface area contributed by atoms with Gasteiger partial charge in [-0.05, 0) is 105 Å². The molecule has 0 atom stereocenters. The SMILES string of the molecule is C/C=C(\C)N.Cc1cc(Cc2ccc(Oc3ccc(N)cc3N)c(C)c2)ccc1Oc1ccc(N)cc1N. The van der Waals surface area contributed by atoms with E-state index in [1.165, 1.54) is 11.1 Å². The van der Waals surface area contributed by atoms with Crippen LogP contribution in [0.5, 0.6) is 23.0 Å². The van der Waals surface area contributed by atoms with E-state index in [1.54, 1.807) is 36.4 Å². The van der Waals surface area contributed by atoms with Gasteiger partial charge in [-0.3, -0.25) is 0 Å². The van der Waals surface area contributed by atoms with Gasteiger partial charge in [0.2, 0.25) is 0 Å². The van der Waals surface area contributed by atoms with Gasteiger partial charge in [0.05, 0.1) is 11.4 Å². The van der Waals surface area contributed by atoms with Gasteiger partial charge in [-0.15, -0.1) is 0 Å². The summed E-state index contributed by atoms with van der Waals surface area (Å²) in [4.78, 5) is 0. The summed E-state index contributed by atoms with van der Waals surface area (Å²) in [6.07, 6.45) is 2.65. The lowest BCUT2D eigenvalue weighted by atomic mass is 10.0. The van der Waals surface area contributed by atoms with Gasteiger partial charge in [-0.1, -0.05) is 30.3 Å². The fourth-order valence-corrected chi connectivity index (χ4v) is 3.66. The zero-order valence-corrected chi connectivity index (χ0v) is 22.4. The zero-order chi connectivity index (χ0) is 27.8. The van der Waals surface area contributed by atoms with Gasteiger partial charge >= 0.3 is 0 Å². The predicted molar refractivity (Wildman–Crippen MR) is 159 cm³/mol. The predicted octanol–water partition coefficient (Wildman–Crippen LogP) is 6.68. The largest absolute Gasteiger partial charge is 0.455 e. The third-order valence-corrected chi connectivity index (χ3v) is 5.85. The molecule has 7 heteroatoms. The van der Waals surface area contributed by atoms with E-state index in [9.17, 15) is 0 Å². The Morgan fingerprint density at radius 1 is 0.632 bits per heavy atom. The van der Waals surface area contributed by atoms with Crippen molar-refractivity contribution >= 4 is 22.7 Å². The summed E-state index contributed by atoms with van der Waals surface area (Å²) in [6.45, 7) is 7.81. The molecule has 0 unspecified atom stereocenters. The Morgan fingerprint density at radius 2 is 1.00 bits per heavy atom. The van der Waals surface area contributed by atoms with Crippen molar-refractivity contribution < 1.29 is 9.47 Å². The highest BCUT2D eigenvalue weighted by Gasteiger charge is 2.09. The van der Waals surface area contributed by atoms with Crippen LogP contribution >= 0.6 is 0 Å². The van der Waals surface area contributed by atoms with Crippen molar-refractivity contribution in [2.24, 2.45) is 5.73 Å². The average molecular weight is 512 g/mol. The van der Waals surface area contributed by atoms with Gasteiger partial charge in [0.15, 0.2) is 0 Å². The summed E-state index contributed by atoms with van der Waals surface area (Å²) < 4.78 is 12.0. The van der Waals surface area contributed by atoms with Gasteiger partial charge in [-0.25, -0.2) is 0 Å². The fourth-order valence-electron chi connectivity index (χ4n) is 3.66. The highest BCUT2D eigenvalue weighted by molar-refractivity contribution is 5.62. The molecular weight excluding hydrogens is 474 g/mol. The highest BCUT2D eigenvalue weighted by Crippen LogP contribution is 2.33. The number of hydrogen-bond acceptors (Lipinski definition) is 7. The maximum atomic E-state index is 6.01. The second kappa shape index (κ2) is 12.5. The second-order valence-corrected chi connectivity index (χ2v) is 9.21. The van der Waals surface area contributed by atoms with Crippen LogP contribution in [0, 0.1) is 13.8 Å². The van der Waals surface area contributed by atoms with Gasteiger partial charge in [0, 0.05) is 17.1 Å². The molecule has 4 aromatic rings. The number of nitrogens with two attached hydrogens (primary N) is 5. The van der Waals surface area contributed by atoms with Crippen LogP contribution in [0.4, 0.5) is 22.7 Å². The molecule has 0 amide bonds. The van der Waals surface area contributed by atoms with Gasteiger partial charge < -0.3 is 38.1 Å². The number of anilines is 4. The number of benzene rings is 4. The molecule has 7 nitrogen and oxygen atoms in total. The Kier molecular flexibility index (Phi) is 9.11. The van der Waals surface area contributed by atoms with Gasteiger partial charge in [0.25, 0.3) is 0 Å². The van der Waals surface area contributed by atoms with Crippen LogP contribution in [-0.2, 0) is 6.42 Å². The van der Waals surface area contributed by atoms with E-state index < -0.39 is 0 Å². The first-order valence-corrected chi connectivity index (χ1v) is 12.3. The van der Waals surface area contributed by atoms with Crippen LogP contribution in [0.15, 0.2) is 84.6 Å². The third-order valence-electron chi connectivity index (χ3n) is 5.85. The quantitative estimate of drug-likeness (QED) is 0.181. The van der Waals surface area contributed by atoms with Crippen molar-refractivity contribution in [2.45, 2.75) is 34.1 Å².